The van der Waals surface area contributed by atoms with Gasteiger partial charge in [0.25, 0.3) is 0 Å². The second kappa shape index (κ2) is 3.95. The number of nitrogen functional groups attached to an aromatic ring is 1. The van der Waals surface area contributed by atoms with E-state index in [0.717, 1.165) is 5.52 Å². The molecule has 0 bridgehead atoms. The van der Waals surface area contributed by atoms with E-state index in [2.05, 4.69) is 20.1 Å². The van der Waals surface area contributed by atoms with E-state index in [9.17, 15) is 0 Å². The van der Waals surface area contributed by atoms with Crippen LogP contribution in [0.25, 0.3) is 11.0 Å². The van der Waals surface area contributed by atoms with E-state index in [-0.39, 0.29) is 0 Å². The van der Waals surface area contributed by atoms with Gasteiger partial charge in [-0.3, -0.25) is 9.67 Å². The maximum Gasteiger partial charge on any atom is 0.201 e. The molecule has 0 aromatic carbocycles. The summed E-state index contributed by atoms with van der Waals surface area (Å²) < 4.78 is 3.41. The summed E-state index contributed by atoms with van der Waals surface area (Å²) in [5.74, 6) is 1.02. The molecule has 2 N–H and O–H groups in total. The van der Waals surface area contributed by atoms with Gasteiger partial charge in [-0.1, -0.05) is 11.6 Å². The second-order valence-electron chi connectivity index (χ2n) is 3.88. The Kier molecular flexibility index (Phi) is 2.41. The maximum absolute atomic E-state index is 6.12. The number of nitrogens with zero attached hydrogens (tertiary/aromatic N) is 6. The van der Waals surface area contributed by atoms with Crippen molar-refractivity contribution in [3.05, 3.63) is 29.6 Å². The number of halogens is 1. The third kappa shape index (κ3) is 1.68. The van der Waals surface area contributed by atoms with Gasteiger partial charge in [-0.05, 0) is 0 Å². The van der Waals surface area contributed by atoms with Gasteiger partial charge < -0.3 is 10.3 Å². The van der Waals surface area contributed by atoms with Gasteiger partial charge in [0.05, 0.1) is 23.3 Å². The van der Waals surface area contributed by atoms with Crippen molar-refractivity contribution < 1.29 is 0 Å². The zero-order chi connectivity index (χ0) is 12.7. The largest absolute Gasteiger partial charge is 0.369 e. The number of anilines is 1. The van der Waals surface area contributed by atoms with E-state index >= 15 is 0 Å². The van der Waals surface area contributed by atoms with Crippen molar-refractivity contribution in [1.29, 1.82) is 0 Å². The van der Waals surface area contributed by atoms with Gasteiger partial charge in [-0.15, -0.1) is 0 Å². The highest BCUT2D eigenvalue weighted by Crippen LogP contribution is 2.24. The number of aromatic nitrogens is 6. The molecule has 0 saturated heterocycles. The molecule has 0 spiro atoms. The molecule has 8 heteroatoms. The Morgan fingerprint density at radius 3 is 2.94 bits per heavy atom. The van der Waals surface area contributed by atoms with Gasteiger partial charge in [0.2, 0.25) is 5.95 Å². The Balaban J connectivity index is 2.13. The summed E-state index contributed by atoms with van der Waals surface area (Å²) >= 11 is 6.12. The SMILES string of the molecule is Cn1cnc(Cn2c(N)nc3cncc(Cl)c32)n1. The van der Waals surface area contributed by atoms with Crippen LogP contribution in [0.1, 0.15) is 5.82 Å². The lowest BCUT2D eigenvalue weighted by Crippen LogP contribution is -2.06. The smallest absolute Gasteiger partial charge is 0.201 e. The number of pyridine rings is 1. The topological polar surface area (TPSA) is 87.4 Å². The molecular formula is C10H10ClN7. The van der Waals surface area contributed by atoms with Crippen molar-refractivity contribution in [3.63, 3.8) is 0 Å². The fourth-order valence-electron chi connectivity index (χ4n) is 1.82. The van der Waals surface area contributed by atoms with Crippen LogP contribution in [0.15, 0.2) is 18.7 Å². The fourth-order valence-corrected chi connectivity index (χ4v) is 2.08. The van der Waals surface area contributed by atoms with Crippen LogP contribution < -0.4 is 5.73 Å². The zero-order valence-electron chi connectivity index (χ0n) is 9.58. The molecule has 0 saturated carbocycles. The first-order valence-corrected chi connectivity index (χ1v) is 5.62. The molecule has 3 rings (SSSR count). The van der Waals surface area contributed by atoms with Crippen molar-refractivity contribution in [1.82, 2.24) is 29.3 Å². The number of fused-ring (bicyclic) bond motifs is 1. The van der Waals surface area contributed by atoms with Crippen LogP contribution in [0.4, 0.5) is 5.95 Å². The molecule has 3 heterocycles. The molecule has 18 heavy (non-hydrogen) atoms. The van der Waals surface area contributed by atoms with Gasteiger partial charge in [0.1, 0.15) is 11.8 Å². The molecule has 0 amide bonds. The third-order valence-electron chi connectivity index (χ3n) is 2.58. The first kappa shape index (κ1) is 11.0. The molecular weight excluding hydrogens is 254 g/mol. The van der Waals surface area contributed by atoms with Gasteiger partial charge in [0.15, 0.2) is 5.82 Å². The predicted octanol–water partition coefficient (Wildman–Crippen LogP) is 0.844. The van der Waals surface area contributed by atoms with E-state index in [4.69, 9.17) is 17.3 Å². The van der Waals surface area contributed by atoms with Crippen LogP contribution in [0.3, 0.4) is 0 Å². The molecule has 0 aliphatic rings. The predicted molar refractivity (Wildman–Crippen MR) is 67.1 cm³/mol. The van der Waals surface area contributed by atoms with Gasteiger partial charge >= 0.3 is 0 Å². The third-order valence-corrected chi connectivity index (χ3v) is 2.86. The van der Waals surface area contributed by atoms with Crippen LogP contribution in [-0.2, 0) is 13.6 Å². The van der Waals surface area contributed by atoms with E-state index < -0.39 is 0 Å². The number of nitrogens with two attached hydrogens (primary N) is 1. The maximum atomic E-state index is 6.12. The van der Waals surface area contributed by atoms with Gasteiger partial charge in [-0.2, -0.15) is 5.10 Å². The minimum atomic E-state index is 0.368. The molecule has 92 valence electrons. The monoisotopic (exact) mass is 263 g/mol. The normalized spacial score (nSPS) is 11.2. The van der Waals surface area contributed by atoms with Crippen LogP contribution in [0, 0.1) is 0 Å². The molecule has 0 fully saturated rings. The molecule has 0 aliphatic carbocycles. The number of hydrogen-bond acceptors (Lipinski definition) is 5. The van der Waals surface area contributed by atoms with Crippen LogP contribution >= 0.6 is 11.6 Å². The Morgan fingerprint density at radius 1 is 1.39 bits per heavy atom. The summed E-state index contributed by atoms with van der Waals surface area (Å²) in [4.78, 5) is 12.3. The van der Waals surface area contributed by atoms with E-state index in [1.165, 1.54) is 0 Å². The molecule has 0 aliphatic heterocycles. The van der Waals surface area contributed by atoms with Crippen molar-refractivity contribution in [3.8, 4) is 0 Å². The Bertz CT molecular complexity index is 714. The molecule has 0 radical (unpaired) electrons. The van der Waals surface area contributed by atoms with Gasteiger partial charge in [-0.25, -0.2) is 9.97 Å². The summed E-state index contributed by atoms with van der Waals surface area (Å²) in [6.07, 6.45) is 4.82. The van der Waals surface area contributed by atoms with Gasteiger partial charge in [0, 0.05) is 13.2 Å². The standard InChI is InChI=1S/C10H10ClN7/c1-17-5-14-8(16-17)4-18-9-6(11)2-13-3-7(9)15-10(18)12/h2-3,5H,4H2,1H3,(H2,12,15). The zero-order valence-corrected chi connectivity index (χ0v) is 10.3. The molecule has 7 nitrogen and oxygen atoms in total. The highest BCUT2D eigenvalue weighted by molar-refractivity contribution is 6.34. The Morgan fingerprint density at radius 2 is 2.22 bits per heavy atom. The molecule has 3 aromatic rings. The summed E-state index contributed by atoms with van der Waals surface area (Å²) in [7, 11) is 1.81. The van der Waals surface area contributed by atoms with E-state index in [1.807, 2.05) is 7.05 Å². The summed E-state index contributed by atoms with van der Waals surface area (Å²) in [6, 6.07) is 0. The number of hydrogen-bond donors (Lipinski definition) is 1. The van der Waals surface area contributed by atoms with Crippen molar-refractivity contribution in [2.24, 2.45) is 7.05 Å². The quantitative estimate of drug-likeness (QED) is 0.740. The Labute approximate surface area is 107 Å². The highest BCUT2D eigenvalue weighted by Gasteiger charge is 2.13. The molecule has 3 aromatic heterocycles. The molecule has 0 atom stereocenters. The number of rotatable bonds is 2. The van der Waals surface area contributed by atoms with Crippen LogP contribution in [0.5, 0.6) is 0 Å². The average molecular weight is 264 g/mol. The van der Waals surface area contributed by atoms with Crippen LogP contribution in [0.2, 0.25) is 5.02 Å². The fraction of sp³-hybridized carbons (Fsp3) is 0.200. The van der Waals surface area contributed by atoms with Crippen molar-refractivity contribution in [2.45, 2.75) is 6.54 Å². The Hall–Kier alpha value is -2.15. The lowest BCUT2D eigenvalue weighted by molar-refractivity contribution is 0.715. The lowest BCUT2D eigenvalue weighted by atomic mass is 10.4. The number of aryl methyl sites for hydroxylation is 1. The summed E-state index contributed by atoms with van der Waals surface area (Å²) in [5.41, 5.74) is 7.29. The number of imidazole rings is 1. The van der Waals surface area contributed by atoms with Crippen molar-refractivity contribution >= 4 is 28.6 Å². The average Bonchev–Trinajstić information content (AvgIpc) is 2.85. The first-order valence-electron chi connectivity index (χ1n) is 5.25. The van der Waals surface area contributed by atoms with Crippen molar-refractivity contribution in [2.75, 3.05) is 5.73 Å². The van der Waals surface area contributed by atoms with E-state index in [1.54, 1.807) is 28.0 Å². The van der Waals surface area contributed by atoms with E-state index in [0.29, 0.717) is 28.9 Å². The summed E-state index contributed by atoms with van der Waals surface area (Å²) in [5, 5.41) is 4.71. The minimum absolute atomic E-state index is 0.368. The second-order valence-corrected chi connectivity index (χ2v) is 4.29. The first-order chi connectivity index (χ1) is 8.65. The lowest BCUT2D eigenvalue weighted by Gasteiger charge is -2.03. The minimum Gasteiger partial charge on any atom is -0.369 e. The molecule has 0 unspecified atom stereocenters. The van der Waals surface area contributed by atoms with Crippen LogP contribution in [-0.4, -0.2) is 29.3 Å². The summed E-state index contributed by atoms with van der Waals surface area (Å²) in [6.45, 7) is 0.424. The highest BCUT2D eigenvalue weighted by atomic mass is 35.5.